The summed E-state index contributed by atoms with van der Waals surface area (Å²) in [6.45, 7) is 0. The van der Waals surface area contributed by atoms with Gasteiger partial charge in [0.15, 0.2) is 0 Å². The fraction of sp³-hybridized carbons (Fsp3) is 0.111. The van der Waals surface area contributed by atoms with Crippen LogP contribution in [0.4, 0.5) is 5.69 Å². The maximum atomic E-state index is 11.1. The number of para-hydroxylation sites is 1. The topological polar surface area (TPSA) is 81.0 Å². The third kappa shape index (κ3) is 1.19. The van der Waals surface area contributed by atoms with Crippen molar-refractivity contribution in [3.05, 3.63) is 24.0 Å². The molecule has 0 saturated carbocycles. The Bertz CT molecular complexity index is 490. The molecule has 0 fully saturated rings. The molecule has 0 spiro atoms. The summed E-state index contributed by atoms with van der Waals surface area (Å²) in [5.41, 5.74) is 7.57. The lowest BCUT2D eigenvalue weighted by atomic mass is 10.3. The average molecular weight is 191 g/mol. The van der Waals surface area contributed by atoms with Crippen LogP contribution in [0.5, 0.6) is 0 Å². The van der Waals surface area contributed by atoms with Gasteiger partial charge in [0.25, 0.3) is 0 Å². The van der Waals surface area contributed by atoms with E-state index in [0.717, 1.165) is 0 Å². The van der Waals surface area contributed by atoms with E-state index in [9.17, 15) is 4.79 Å². The summed E-state index contributed by atoms with van der Waals surface area (Å²) in [5, 5.41) is 0. The summed E-state index contributed by atoms with van der Waals surface area (Å²) < 4.78 is 4.53. The van der Waals surface area contributed by atoms with Gasteiger partial charge in [0.2, 0.25) is 5.82 Å². The lowest BCUT2D eigenvalue weighted by Gasteiger charge is -1.92. The number of nitrogens with one attached hydrogen (secondary N) is 1. The van der Waals surface area contributed by atoms with E-state index in [4.69, 9.17) is 5.73 Å². The minimum absolute atomic E-state index is 0.167. The molecular formula is C9H9N3O2. The van der Waals surface area contributed by atoms with E-state index >= 15 is 0 Å². The molecule has 0 amide bonds. The maximum Gasteiger partial charge on any atom is 0.374 e. The zero-order chi connectivity index (χ0) is 10.1. The fourth-order valence-electron chi connectivity index (χ4n) is 1.25. The molecule has 0 saturated heterocycles. The van der Waals surface area contributed by atoms with Crippen molar-refractivity contribution in [3.8, 4) is 0 Å². The minimum Gasteiger partial charge on any atom is -0.463 e. The van der Waals surface area contributed by atoms with Crippen LogP contribution in [-0.4, -0.2) is 23.0 Å². The second-order valence-corrected chi connectivity index (χ2v) is 2.82. The Kier molecular flexibility index (Phi) is 1.85. The molecule has 0 aliphatic rings. The molecule has 0 aliphatic heterocycles. The number of rotatable bonds is 1. The number of H-pyrrole nitrogens is 1. The first-order valence-corrected chi connectivity index (χ1v) is 4.05. The van der Waals surface area contributed by atoms with Gasteiger partial charge in [0, 0.05) is 0 Å². The molecule has 1 aromatic heterocycles. The number of anilines is 1. The van der Waals surface area contributed by atoms with Gasteiger partial charge in [0.1, 0.15) is 0 Å². The van der Waals surface area contributed by atoms with Crippen LogP contribution in [0.2, 0.25) is 0 Å². The van der Waals surface area contributed by atoms with Crippen molar-refractivity contribution in [2.45, 2.75) is 0 Å². The number of nitrogen functional groups attached to an aromatic ring is 1. The number of nitrogens with zero attached hydrogens (tertiary/aromatic N) is 1. The number of imidazole rings is 1. The molecule has 0 aliphatic carbocycles. The second kappa shape index (κ2) is 3.02. The van der Waals surface area contributed by atoms with Crippen LogP contribution in [0.25, 0.3) is 11.0 Å². The molecule has 1 heterocycles. The Morgan fingerprint density at radius 3 is 3.00 bits per heavy atom. The van der Waals surface area contributed by atoms with Gasteiger partial charge in [-0.1, -0.05) is 6.07 Å². The third-order valence-corrected chi connectivity index (χ3v) is 1.93. The number of carbonyl (C=O) groups excluding carboxylic acids is 1. The summed E-state index contributed by atoms with van der Waals surface area (Å²) in [6, 6.07) is 5.29. The number of aromatic amines is 1. The average Bonchev–Trinajstić information content (AvgIpc) is 2.62. The lowest BCUT2D eigenvalue weighted by molar-refractivity contribution is 0.0588. The molecular weight excluding hydrogens is 182 g/mol. The number of fused-ring (bicyclic) bond motifs is 1. The lowest BCUT2D eigenvalue weighted by Crippen LogP contribution is -2.02. The summed E-state index contributed by atoms with van der Waals surface area (Å²) in [4.78, 5) is 18.0. The Balaban J connectivity index is 2.62. The Labute approximate surface area is 79.9 Å². The number of nitrogens with two attached hydrogens (primary N) is 1. The van der Waals surface area contributed by atoms with Crippen molar-refractivity contribution >= 4 is 22.7 Å². The number of carbonyl (C=O) groups is 1. The van der Waals surface area contributed by atoms with Crippen LogP contribution in [0.15, 0.2) is 18.2 Å². The number of ether oxygens (including phenoxy) is 1. The highest BCUT2D eigenvalue weighted by Crippen LogP contribution is 2.18. The molecule has 5 nitrogen and oxygen atoms in total. The predicted octanol–water partition coefficient (Wildman–Crippen LogP) is 0.932. The predicted molar refractivity (Wildman–Crippen MR) is 51.8 cm³/mol. The molecule has 1 aromatic carbocycles. The Morgan fingerprint density at radius 1 is 1.57 bits per heavy atom. The zero-order valence-corrected chi connectivity index (χ0v) is 7.57. The smallest absolute Gasteiger partial charge is 0.374 e. The van der Waals surface area contributed by atoms with Crippen LogP contribution in [0, 0.1) is 0 Å². The molecule has 0 bridgehead atoms. The number of benzene rings is 1. The van der Waals surface area contributed by atoms with Gasteiger partial charge in [-0.15, -0.1) is 0 Å². The van der Waals surface area contributed by atoms with Crippen LogP contribution >= 0.6 is 0 Å². The summed E-state index contributed by atoms with van der Waals surface area (Å²) in [6.07, 6.45) is 0. The molecule has 72 valence electrons. The van der Waals surface area contributed by atoms with E-state index in [1.54, 1.807) is 18.2 Å². The molecule has 0 unspecified atom stereocenters. The van der Waals surface area contributed by atoms with E-state index in [2.05, 4.69) is 14.7 Å². The molecule has 2 aromatic rings. The van der Waals surface area contributed by atoms with Crippen molar-refractivity contribution in [1.82, 2.24) is 9.97 Å². The largest absolute Gasteiger partial charge is 0.463 e. The highest BCUT2D eigenvalue weighted by Gasteiger charge is 2.11. The number of methoxy groups -OCH3 is 1. The summed E-state index contributed by atoms with van der Waals surface area (Å²) >= 11 is 0. The van der Waals surface area contributed by atoms with E-state index in [-0.39, 0.29) is 5.82 Å². The quantitative estimate of drug-likeness (QED) is 0.519. The Hall–Kier alpha value is -2.04. The van der Waals surface area contributed by atoms with Crippen LogP contribution < -0.4 is 5.73 Å². The molecule has 5 heteroatoms. The van der Waals surface area contributed by atoms with Crippen LogP contribution in [0.1, 0.15) is 10.6 Å². The highest BCUT2D eigenvalue weighted by molar-refractivity contribution is 5.94. The standard InChI is InChI=1S/C9H9N3O2/c1-14-9(13)8-11-6-4-2-3-5(10)7(6)12-8/h2-4H,10H2,1H3,(H,11,12). The van der Waals surface area contributed by atoms with Gasteiger partial charge in [0.05, 0.1) is 23.8 Å². The van der Waals surface area contributed by atoms with E-state index in [1.807, 2.05) is 0 Å². The maximum absolute atomic E-state index is 11.1. The van der Waals surface area contributed by atoms with Crippen molar-refractivity contribution in [2.24, 2.45) is 0 Å². The number of esters is 1. The first-order valence-electron chi connectivity index (χ1n) is 4.05. The number of aromatic nitrogens is 2. The molecule has 2 rings (SSSR count). The molecule has 3 N–H and O–H groups in total. The monoisotopic (exact) mass is 191 g/mol. The molecule has 0 atom stereocenters. The number of hydrogen-bond donors (Lipinski definition) is 2. The SMILES string of the molecule is COC(=O)c1nc2cccc(N)c2[nH]1. The fourth-order valence-corrected chi connectivity index (χ4v) is 1.25. The van der Waals surface area contributed by atoms with Gasteiger partial charge >= 0.3 is 5.97 Å². The normalized spacial score (nSPS) is 10.4. The van der Waals surface area contributed by atoms with Crippen LogP contribution in [0.3, 0.4) is 0 Å². The van der Waals surface area contributed by atoms with Gasteiger partial charge in [-0.05, 0) is 12.1 Å². The molecule has 14 heavy (non-hydrogen) atoms. The first-order chi connectivity index (χ1) is 6.72. The number of hydrogen-bond acceptors (Lipinski definition) is 4. The van der Waals surface area contributed by atoms with Crippen molar-refractivity contribution in [3.63, 3.8) is 0 Å². The summed E-state index contributed by atoms with van der Waals surface area (Å²) in [5.74, 6) is -0.332. The van der Waals surface area contributed by atoms with E-state index in [1.165, 1.54) is 7.11 Å². The highest BCUT2D eigenvalue weighted by atomic mass is 16.5. The Morgan fingerprint density at radius 2 is 2.36 bits per heavy atom. The van der Waals surface area contributed by atoms with Gasteiger partial charge in [-0.3, -0.25) is 0 Å². The first kappa shape index (κ1) is 8.55. The minimum atomic E-state index is -0.499. The second-order valence-electron chi connectivity index (χ2n) is 2.82. The third-order valence-electron chi connectivity index (χ3n) is 1.93. The van der Waals surface area contributed by atoms with Crippen molar-refractivity contribution in [2.75, 3.05) is 12.8 Å². The van der Waals surface area contributed by atoms with Crippen LogP contribution in [-0.2, 0) is 4.74 Å². The molecule has 0 radical (unpaired) electrons. The van der Waals surface area contributed by atoms with Gasteiger partial charge in [-0.2, -0.15) is 0 Å². The van der Waals surface area contributed by atoms with Crippen molar-refractivity contribution in [1.29, 1.82) is 0 Å². The van der Waals surface area contributed by atoms with Gasteiger partial charge < -0.3 is 15.5 Å². The van der Waals surface area contributed by atoms with E-state index < -0.39 is 5.97 Å². The van der Waals surface area contributed by atoms with E-state index in [0.29, 0.717) is 16.7 Å². The van der Waals surface area contributed by atoms with Gasteiger partial charge in [-0.25, -0.2) is 9.78 Å². The zero-order valence-electron chi connectivity index (χ0n) is 7.57. The van der Waals surface area contributed by atoms with Crippen molar-refractivity contribution < 1.29 is 9.53 Å². The summed E-state index contributed by atoms with van der Waals surface area (Å²) in [7, 11) is 1.30.